The second kappa shape index (κ2) is 5.07. The number of hydrogen-bond acceptors (Lipinski definition) is 4. The molecule has 106 valence electrons. The van der Waals surface area contributed by atoms with Crippen molar-refractivity contribution in [3.8, 4) is 11.5 Å². The van der Waals surface area contributed by atoms with E-state index in [4.69, 9.17) is 4.42 Å². The number of thiophene rings is 1. The molecule has 4 rings (SSSR count). The molecule has 0 spiro atoms. The summed E-state index contributed by atoms with van der Waals surface area (Å²) in [5.41, 5.74) is 1.74. The smallest absolute Gasteiger partial charge is 0.348 e. The van der Waals surface area contributed by atoms with Gasteiger partial charge in [-0.1, -0.05) is 15.9 Å². The monoisotopic (exact) mass is 361 g/mol. The van der Waals surface area contributed by atoms with Crippen molar-refractivity contribution in [3.63, 3.8) is 0 Å². The number of fused-ring (bicyclic) bond motifs is 3. The first-order valence-electron chi connectivity index (χ1n) is 6.94. The number of aromatic nitrogens is 1. The highest BCUT2D eigenvalue weighted by molar-refractivity contribution is 9.10. The molecule has 1 aromatic carbocycles. The molecule has 0 saturated carbocycles. The molecule has 21 heavy (non-hydrogen) atoms. The van der Waals surface area contributed by atoms with Gasteiger partial charge in [0.25, 0.3) is 0 Å². The number of halogens is 1. The molecule has 0 bridgehead atoms. The third kappa shape index (κ3) is 2.24. The van der Waals surface area contributed by atoms with E-state index in [1.54, 1.807) is 11.3 Å². The zero-order chi connectivity index (χ0) is 14.4. The van der Waals surface area contributed by atoms with Crippen LogP contribution in [0.15, 0.2) is 37.9 Å². The molecule has 1 aliphatic rings. The summed E-state index contributed by atoms with van der Waals surface area (Å²) in [6.07, 6.45) is 4.38. The topological polar surface area (TPSA) is 43.1 Å². The molecule has 0 atom stereocenters. The lowest BCUT2D eigenvalue weighted by Gasteiger charge is -2.09. The number of hydrogen-bond donors (Lipinski definition) is 0. The Morgan fingerprint density at radius 2 is 1.90 bits per heavy atom. The fourth-order valence-electron chi connectivity index (χ4n) is 2.81. The Morgan fingerprint density at radius 3 is 2.71 bits per heavy atom. The van der Waals surface area contributed by atoms with E-state index in [0.717, 1.165) is 34.1 Å². The lowest BCUT2D eigenvalue weighted by molar-refractivity contribution is 0.518. The first-order valence-corrected chi connectivity index (χ1v) is 8.54. The van der Waals surface area contributed by atoms with E-state index in [1.807, 2.05) is 24.3 Å². The fraction of sp³-hybridized carbons (Fsp3) is 0.250. The van der Waals surface area contributed by atoms with Crippen LogP contribution >= 0.6 is 27.3 Å². The van der Waals surface area contributed by atoms with Crippen molar-refractivity contribution < 1.29 is 4.42 Å². The first kappa shape index (κ1) is 13.2. The molecule has 0 N–H and O–H groups in total. The molecular weight excluding hydrogens is 350 g/mol. The van der Waals surface area contributed by atoms with Crippen molar-refractivity contribution in [1.29, 1.82) is 0 Å². The molecule has 3 nitrogen and oxygen atoms in total. The summed E-state index contributed by atoms with van der Waals surface area (Å²) in [7, 11) is 0. The number of rotatable bonds is 1. The van der Waals surface area contributed by atoms with Gasteiger partial charge in [-0.15, -0.1) is 11.3 Å². The van der Waals surface area contributed by atoms with Gasteiger partial charge in [-0.3, -0.25) is 0 Å². The van der Waals surface area contributed by atoms with Gasteiger partial charge in [-0.05, 0) is 55.5 Å². The molecule has 0 amide bonds. The molecule has 0 unspecified atom stereocenters. The van der Waals surface area contributed by atoms with Gasteiger partial charge in [-0.2, -0.15) is 0 Å². The van der Waals surface area contributed by atoms with Gasteiger partial charge in [0.05, 0.1) is 0 Å². The van der Waals surface area contributed by atoms with Crippen molar-refractivity contribution in [3.05, 3.63) is 49.6 Å². The molecule has 0 aliphatic heterocycles. The van der Waals surface area contributed by atoms with Crippen molar-refractivity contribution in [2.75, 3.05) is 0 Å². The molecule has 2 heterocycles. The van der Waals surface area contributed by atoms with Crippen LogP contribution in [0.4, 0.5) is 0 Å². The summed E-state index contributed by atoms with van der Waals surface area (Å²) in [5.74, 6) is 0.401. The highest BCUT2D eigenvalue weighted by Gasteiger charge is 2.21. The summed E-state index contributed by atoms with van der Waals surface area (Å²) in [5, 5.41) is 0.704. The van der Waals surface area contributed by atoms with E-state index >= 15 is 0 Å². The third-order valence-corrected chi connectivity index (χ3v) is 5.55. The zero-order valence-corrected chi connectivity index (χ0v) is 13.6. The van der Waals surface area contributed by atoms with Crippen molar-refractivity contribution >= 4 is 37.5 Å². The summed E-state index contributed by atoms with van der Waals surface area (Å²) >= 11 is 5.05. The minimum absolute atomic E-state index is 0.252. The molecule has 3 aromatic rings. The Morgan fingerprint density at radius 1 is 1.14 bits per heavy atom. The Kier molecular flexibility index (Phi) is 3.19. The van der Waals surface area contributed by atoms with Crippen LogP contribution in [0.5, 0.6) is 0 Å². The predicted molar refractivity (Wildman–Crippen MR) is 87.9 cm³/mol. The van der Waals surface area contributed by atoms with Crippen LogP contribution in [0.25, 0.3) is 21.7 Å². The van der Waals surface area contributed by atoms with Crippen molar-refractivity contribution in [1.82, 2.24) is 4.98 Å². The number of aryl methyl sites for hydroxylation is 2. The van der Waals surface area contributed by atoms with Crippen LogP contribution in [0.2, 0.25) is 0 Å². The van der Waals surface area contributed by atoms with Crippen LogP contribution in [-0.4, -0.2) is 4.98 Å². The van der Waals surface area contributed by atoms with E-state index in [-0.39, 0.29) is 5.63 Å². The summed E-state index contributed by atoms with van der Waals surface area (Å²) in [4.78, 5) is 19.1. The van der Waals surface area contributed by atoms with E-state index in [9.17, 15) is 4.79 Å². The highest BCUT2D eigenvalue weighted by atomic mass is 79.9. The molecule has 1 aliphatic carbocycles. The number of benzene rings is 1. The maximum absolute atomic E-state index is 12.4. The van der Waals surface area contributed by atoms with Crippen LogP contribution in [-0.2, 0) is 12.8 Å². The van der Waals surface area contributed by atoms with Gasteiger partial charge in [0, 0.05) is 14.9 Å². The Bertz CT molecular complexity index is 880. The first-order chi connectivity index (χ1) is 10.2. The van der Waals surface area contributed by atoms with Crippen LogP contribution < -0.4 is 5.63 Å². The minimum Gasteiger partial charge on any atom is -0.403 e. The van der Waals surface area contributed by atoms with Gasteiger partial charge < -0.3 is 4.42 Å². The van der Waals surface area contributed by atoms with E-state index in [2.05, 4.69) is 20.9 Å². The SMILES string of the molecule is O=c1oc(-c2ccc(Br)cc2)nc2sc3c(c12)CCCC3. The average molecular weight is 362 g/mol. The van der Waals surface area contributed by atoms with E-state index < -0.39 is 0 Å². The maximum Gasteiger partial charge on any atom is 0.348 e. The second-order valence-corrected chi connectivity index (χ2v) is 7.20. The average Bonchev–Trinajstić information content (AvgIpc) is 2.86. The molecule has 0 fully saturated rings. The molecular formula is C16H12BrNO2S. The number of nitrogens with zero attached hydrogens (tertiary/aromatic N) is 1. The van der Waals surface area contributed by atoms with Gasteiger partial charge in [0.1, 0.15) is 10.2 Å². The Labute approximate surface area is 133 Å². The zero-order valence-electron chi connectivity index (χ0n) is 11.2. The Hall–Kier alpha value is -1.46. The summed E-state index contributed by atoms with van der Waals surface area (Å²) < 4.78 is 6.45. The molecule has 0 radical (unpaired) electrons. The summed E-state index contributed by atoms with van der Waals surface area (Å²) in [6.45, 7) is 0. The standard InChI is InChI=1S/C16H12BrNO2S/c17-10-7-5-9(6-8-10)14-18-15-13(16(19)20-14)11-3-1-2-4-12(11)21-15/h5-8H,1-4H2. The van der Waals surface area contributed by atoms with E-state index in [0.29, 0.717) is 11.3 Å². The largest absolute Gasteiger partial charge is 0.403 e. The molecule has 2 aromatic heterocycles. The van der Waals surface area contributed by atoms with Crippen LogP contribution in [0.3, 0.4) is 0 Å². The minimum atomic E-state index is -0.252. The lowest BCUT2D eigenvalue weighted by atomic mass is 9.97. The van der Waals surface area contributed by atoms with Crippen LogP contribution in [0, 0.1) is 0 Å². The molecule has 0 saturated heterocycles. The van der Waals surface area contributed by atoms with E-state index in [1.165, 1.54) is 16.9 Å². The van der Waals surface area contributed by atoms with Crippen molar-refractivity contribution in [2.24, 2.45) is 0 Å². The van der Waals surface area contributed by atoms with Gasteiger partial charge in [0.2, 0.25) is 5.89 Å². The van der Waals surface area contributed by atoms with Gasteiger partial charge in [-0.25, -0.2) is 9.78 Å². The Balaban J connectivity index is 1.93. The van der Waals surface area contributed by atoms with Crippen molar-refractivity contribution in [2.45, 2.75) is 25.7 Å². The highest BCUT2D eigenvalue weighted by Crippen LogP contribution is 2.34. The fourth-order valence-corrected chi connectivity index (χ4v) is 4.32. The maximum atomic E-state index is 12.4. The lowest BCUT2D eigenvalue weighted by Crippen LogP contribution is -2.06. The normalized spacial score (nSPS) is 14.3. The summed E-state index contributed by atoms with van der Waals surface area (Å²) in [6, 6.07) is 7.63. The predicted octanol–water partition coefficient (Wildman–Crippen LogP) is 4.56. The molecule has 5 heteroatoms. The van der Waals surface area contributed by atoms with Gasteiger partial charge >= 0.3 is 5.63 Å². The third-order valence-electron chi connectivity index (χ3n) is 3.84. The van der Waals surface area contributed by atoms with Crippen LogP contribution in [0.1, 0.15) is 23.3 Å². The van der Waals surface area contributed by atoms with Gasteiger partial charge in [0.15, 0.2) is 0 Å². The second-order valence-electron chi connectivity index (χ2n) is 5.20. The quantitative estimate of drug-likeness (QED) is 0.638.